The van der Waals surface area contributed by atoms with Crippen molar-refractivity contribution in [2.24, 2.45) is 5.10 Å². The van der Waals surface area contributed by atoms with E-state index in [0.29, 0.717) is 18.1 Å². The molecule has 2 aromatic carbocycles. The second-order valence-corrected chi connectivity index (χ2v) is 5.74. The predicted octanol–water partition coefficient (Wildman–Crippen LogP) is 4.82. The summed E-state index contributed by atoms with van der Waals surface area (Å²) < 4.78 is 10.9. The van der Waals surface area contributed by atoms with Crippen LogP contribution in [0.5, 0.6) is 11.6 Å². The molecule has 132 valence electrons. The van der Waals surface area contributed by atoms with E-state index < -0.39 is 0 Å². The molecule has 0 aliphatic rings. The fourth-order valence-electron chi connectivity index (χ4n) is 2.35. The average molecular weight is 368 g/mol. The molecule has 5 nitrogen and oxygen atoms in total. The highest BCUT2D eigenvalue weighted by atomic mass is 35.5. The number of anilines is 1. The first-order valence-electron chi connectivity index (χ1n) is 7.98. The number of pyridine rings is 1. The summed E-state index contributed by atoms with van der Waals surface area (Å²) in [7, 11) is 1.62. The molecule has 0 unspecified atom stereocenters. The van der Waals surface area contributed by atoms with E-state index in [1.54, 1.807) is 13.2 Å². The Morgan fingerprint density at radius 1 is 1.23 bits per heavy atom. The molecule has 0 atom stereocenters. The summed E-state index contributed by atoms with van der Waals surface area (Å²) in [4.78, 5) is 4.55. The molecule has 1 aromatic heterocycles. The molecule has 0 saturated carbocycles. The molecule has 0 amide bonds. The highest BCUT2D eigenvalue weighted by Gasteiger charge is 2.13. The van der Waals surface area contributed by atoms with Crippen LogP contribution in [0, 0.1) is 0 Å². The Labute approximate surface area is 156 Å². The van der Waals surface area contributed by atoms with Crippen LogP contribution in [-0.4, -0.2) is 23.9 Å². The van der Waals surface area contributed by atoms with Gasteiger partial charge in [0.2, 0.25) is 5.88 Å². The monoisotopic (exact) mass is 367 g/mol. The highest BCUT2D eigenvalue weighted by molar-refractivity contribution is 6.70. The Morgan fingerprint density at radius 3 is 2.77 bits per heavy atom. The van der Waals surface area contributed by atoms with Gasteiger partial charge in [-0.05, 0) is 36.4 Å². The number of aromatic nitrogens is 1. The van der Waals surface area contributed by atoms with E-state index in [2.05, 4.69) is 22.1 Å². The largest absolute Gasteiger partial charge is 0.497 e. The van der Waals surface area contributed by atoms with E-state index in [-0.39, 0.29) is 5.17 Å². The molecule has 0 aliphatic carbocycles. The first-order valence-corrected chi connectivity index (χ1v) is 8.36. The van der Waals surface area contributed by atoms with Gasteiger partial charge in [-0.1, -0.05) is 42.5 Å². The van der Waals surface area contributed by atoms with Crippen LogP contribution in [0.25, 0.3) is 10.9 Å². The highest BCUT2D eigenvalue weighted by Crippen LogP contribution is 2.27. The number of para-hydroxylation sites is 1. The first-order chi connectivity index (χ1) is 12.7. The maximum Gasteiger partial charge on any atom is 0.224 e. The number of nitrogens with one attached hydrogen (secondary N) is 1. The summed E-state index contributed by atoms with van der Waals surface area (Å²) in [6.07, 6.45) is 1.65. The quantitative estimate of drug-likeness (QED) is 0.369. The van der Waals surface area contributed by atoms with Gasteiger partial charge in [0.1, 0.15) is 12.4 Å². The number of nitrogens with zero attached hydrogens (tertiary/aromatic N) is 2. The first kappa shape index (κ1) is 17.8. The lowest BCUT2D eigenvalue weighted by Gasteiger charge is -2.11. The van der Waals surface area contributed by atoms with Gasteiger partial charge in [0.15, 0.2) is 5.17 Å². The van der Waals surface area contributed by atoms with E-state index in [0.717, 1.165) is 22.3 Å². The molecular weight excluding hydrogens is 350 g/mol. The summed E-state index contributed by atoms with van der Waals surface area (Å²) >= 11 is 6.42. The number of hydrogen-bond acceptors (Lipinski definition) is 5. The van der Waals surface area contributed by atoms with Crippen molar-refractivity contribution in [2.75, 3.05) is 19.1 Å². The average Bonchev–Trinajstić information content (AvgIpc) is 2.70. The molecule has 26 heavy (non-hydrogen) atoms. The predicted molar refractivity (Wildman–Crippen MR) is 106 cm³/mol. The van der Waals surface area contributed by atoms with Crippen molar-refractivity contribution in [1.82, 2.24) is 4.98 Å². The van der Waals surface area contributed by atoms with Crippen LogP contribution in [0.3, 0.4) is 0 Å². The smallest absolute Gasteiger partial charge is 0.224 e. The molecule has 0 aliphatic heterocycles. The van der Waals surface area contributed by atoms with Gasteiger partial charge in [0.25, 0.3) is 0 Å². The van der Waals surface area contributed by atoms with Crippen LogP contribution in [-0.2, 0) is 0 Å². The van der Waals surface area contributed by atoms with Crippen LogP contribution < -0.4 is 14.9 Å². The minimum atomic E-state index is 0.241. The van der Waals surface area contributed by atoms with Gasteiger partial charge in [-0.25, -0.2) is 4.98 Å². The van der Waals surface area contributed by atoms with Gasteiger partial charge in [0, 0.05) is 5.39 Å². The van der Waals surface area contributed by atoms with E-state index in [4.69, 9.17) is 21.1 Å². The number of benzene rings is 2. The van der Waals surface area contributed by atoms with Crippen molar-refractivity contribution in [3.63, 3.8) is 0 Å². The van der Waals surface area contributed by atoms with Crippen molar-refractivity contribution in [3.8, 4) is 11.6 Å². The molecule has 0 fully saturated rings. The van der Waals surface area contributed by atoms with Gasteiger partial charge in [-0.2, -0.15) is 5.10 Å². The number of rotatable bonds is 7. The van der Waals surface area contributed by atoms with Crippen LogP contribution in [0.15, 0.2) is 72.4 Å². The lowest BCUT2D eigenvalue weighted by Crippen LogP contribution is -2.05. The third-order valence-corrected chi connectivity index (χ3v) is 3.89. The van der Waals surface area contributed by atoms with Crippen molar-refractivity contribution in [2.45, 2.75) is 0 Å². The Balaban J connectivity index is 2.00. The molecule has 3 rings (SSSR count). The van der Waals surface area contributed by atoms with Crippen LogP contribution >= 0.6 is 11.6 Å². The zero-order chi connectivity index (χ0) is 18.4. The minimum Gasteiger partial charge on any atom is -0.497 e. The Morgan fingerprint density at radius 2 is 2.04 bits per heavy atom. The molecule has 0 spiro atoms. The Bertz CT molecular complexity index is 942. The third kappa shape index (κ3) is 4.13. The van der Waals surface area contributed by atoms with E-state index in [1.807, 2.05) is 54.6 Å². The van der Waals surface area contributed by atoms with Crippen molar-refractivity contribution in [3.05, 3.63) is 72.8 Å². The van der Waals surface area contributed by atoms with Crippen molar-refractivity contribution in [1.29, 1.82) is 0 Å². The Kier molecular flexibility index (Phi) is 5.71. The summed E-state index contributed by atoms with van der Waals surface area (Å²) in [5.74, 6) is 1.13. The van der Waals surface area contributed by atoms with Gasteiger partial charge in [-0.15, -0.1) is 0 Å². The fraction of sp³-hybridized carbons (Fsp3) is 0.100. The van der Waals surface area contributed by atoms with Crippen molar-refractivity contribution < 1.29 is 9.47 Å². The molecule has 6 heteroatoms. The minimum absolute atomic E-state index is 0.241. The molecule has 3 aromatic rings. The van der Waals surface area contributed by atoms with Crippen molar-refractivity contribution >= 4 is 33.4 Å². The third-order valence-electron chi connectivity index (χ3n) is 3.60. The maximum atomic E-state index is 6.42. The second kappa shape index (κ2) is 8.36. The zero-order valence-corrected chi connectivity index (χ0v) is 15.0. The number of hydrogen-bond donors (Lipinski definition) is 1. The van der Waals surface area contributed by atoms with Gasteiger partial charge in [0.05, 0.1) is 23.9 Å². The molecular formula is C20H18ClN3O2. The van der Waals surface area contributed by atoms with Gasteiger partial charge < -0.3 is 9.47 Å². The molecule has 1 heterocycles. The summed E-state index contributed by atoms with van der Waals surface area (Å²) in [6.45, 7) is 3.98. The molecule has 0 bridgehead atoms. The second-order valence-electron chi connectivity index (χ2n) is 5.38. The standard InChI is InChI=1S/C20H18ClN3O2/c1-3-11-26-20-17(19(21)24-23-15-7-5-4-6-8-15)13-14-12-16(25-2)9-10-18(14)22-20/h3-10,12-13,23H,1,11H2,2H3/b24-19-. The summed E-state index contributed by atoms with van der Waals surface area (Å²) in [5.41, 5.74) is 5.11. The summed E-state index contributed by atoms with van der Waals surface area (Å²) in [5, 5.41) is 5.35. The molecule has 0 saturated heterocycles. The van der Waals surface area contributed by atoms with Gasteiger partial charge >= 0.3 is 0 Å². The number of halogens is 1. The lowest BCUT2D eigenvalue weighted by atomic mass is 10.1. The van der Waals surface area contributed by atoms with E-state index >= 15 is 0 Å². The van der Waals surface area contributed by atoms with Crippen LogP contribution in [0.4, 0.5) is 5.69 Å². The molecule has 1 N–H and O–H groups in total. The SMILES string of the molecule is C=CCOc1nc2ccc(OC)cc2cc1/C(Cl)=N/Nc1ccccc1. The van der Waals surface area contributed by atoms with Crippen LogP contribution in [0.2, 0.25) is 0 Å². The van der Waals surface area contributed by atoms with E-state index in [1.165, 1.54) is 0 Å². The lowest BCUT2D eigenvalue weighted by molar-refractivity contribution is 0.349. The van der Waals surface area contributed by atoms with Crippen LogP contribution in [0.1, 0.15) is 5.56 Å². The zero-order valence-electron chi connectivity index (χ0n) is 14.3. The maximum absolute atomic E-state index is 6.42. The number of hydrazone groups is 1. The Hall–Kier alpha value is -3.05. The van der Waals surface area contributed by atoms with E-state index in [9.17, 15) is 0 Å². The number of methoxy groups -OCH3 is 1. The summed E-state index contributed by atoms with van der Waals surface area (Å²) in [6, 6.07) is 17.0. The fourth-order valence-corrected chi connectivity index (χ4v) is 2.52. The normalized spacial score (nSPS) is 11.2. The topological polar surface area (TPSA) is 55.7 Å². The van der Waals surface area contributed by atoms with Gasteiger partial charge in [-0.3, -0.25) is 5.43 Å². The number of fused-ring (bicyclic) bond motifs is 1. The molecule has 0 radical (unpaired) electrons. The number of ether oxygens (including phenoxy) is 2.